The van der Waals surface area contributed by atoms with Crippen LogP contribution in [0, 0.1) is 13.8 Å². The molecule has 2 aromatic carbocycles. The monoisotopic (exact) mass is 415 g/mol. The maximum atomic E-state index is 12.6. The van der Waals surface area contributed by atoms with Crippen LogP contribution in [0.1, 0.15) is 21.5 Å². The van der Waals surface area contributed by atoms with Gasteiger partial charge in [0.05, 0.1) is 17.5 Å². The molecule has 1 saturated heterocycles. The summed E-state index contributed by atoms with van der Waals surface area (Å²) in [7, 11) is -2.96. The molecule has 2 aliphatic heterocycles. The zero-order valence-electron chi connectivity index (χ0n) is 15.6. The van der Waals surface area contributed by atoms with E-state index in [4.69, 9.17) is 0 Å². The van der Waals surface area contributed by atoms with Crippen LogP contribution in [0.15, 0.2) is 47.5 Å². The number of carbonyl (C=O) groups excluding carboxylic acids is 1. The number of benzene rings is 2. The van der Waals surface area contributed by atoms with Crippen molar-refractivity contribution in [2.24, 2.45) is 4.99 Å². The van der Waals surface area contributed by atoms with Crippen LogP contribution in [-0.4, -0.2) is 42.3 Å². The molecule has 28 heavy (non-hydrogen) atoms. The maximum absolute atomic E-state index is 12.6. The van der Waals surface area contributed by atoms with Gasteiger partial charge in [0.25, 0.3) is 5.91 Å². The molecule has 2 aliphatic rings. The first-order chi connectivity index (χ1) is 13.3. The van der Waals surface area contributed by atoms with E-state index in [1.807, 2.05) is 44.2 Å². The van der Waals surface area contributed by atoms with Crippen LogP contribution in [0.5, 0.6) is 0 Å². The molecule has 0 bridgehead atoms. The lowest BCUT2D eigenvalue weighted by Gasteiger charge is -2.10. The number of fused-ring (bicyclic) bond motifs is 1. The van der Waals surface area contributed by atoms with Crippen LogP contribution in [-0.2, 0) is 9.84 Å². The summed E-state index contributed by atoms with van der Waals surface area (Å²) in [6, 6.07) is 12.8. The first-order valence-electron chi connectivity index (χ1n) is 9.00. The molecule has 0 aromatic heterocycles. The average molecular weight is 416 g/mol. The molecule has 2 N–H and O–H groups in total. The molecule has 0 spiro atoms. The molecular weight excluding hydrogens is 394 g/mol. The van der Waals surface area contributed by atoms with Crippen LogP contribution >= 0.6 is 11.8 Å². The number of thioether (sulfide) groups is 1. The van der Waals surface area contributed by atoms with Crippen molar-refractivity contribution in [2.75, 3.05) is 22.1 Å². The molecule has 2 heterocycles. The van der Waals surface area contributed by atoms with E-state index in [9.17, 15) is 13.2 Å². The van der Waals surface area contributed by atoms with Crippen molar-refractivity contribution in [2.45, 2.75) is 25.1 Å². The maximum Gasteiger partial charge on any atom is 0.255 e. The van der Waals surface area contributed by atoms with Gasteiger partial charge < -0.3 is 10.6 Å². The van der Waals surface area contributed by atoms with Gasteiger partial charge in [-0.15, -0.1) is 0 Å². The normalized spacial score (nSPS) is 22.4. The van der Waals surface area contributed by atoms with E-state index < -0.39 is 9.84 Å². The summed E-state index contributed by atoms with van der Waals surface area (Å²) < 4.78 is 23.3. The molecule has 0 saturated carbocycles. The van der Waals surface area contributed by atoms with Crippen LogP contribution in [0.4, 0.5) is 11.4 Å². The van der Waals surface area contributed by atoms with Crippen molar-refractivity contribution in [1.29, 1.82) is 0 Å². The number of amides is 1. The van der Waals surface area contributed by atoms with Gasteiger partial charge in [-0.1, -0.05) is 23.9 Å². The summed E-state index contributed by atoms with van der Waals surface area (Å²) in [6.45, 7) is 4.04. The summed E-state index contributed by atoms with van der Waals surface area (Å²) in [5.41, 5.74) is 4.35. The number of rotatable bonds is 3. The van der Waals surface area contributed by atoms with E-state index in [1.54, 1.807) is 12.1 Å². The summed E-state index contributed by atoms with van der Waals surface area (Å²) in [5.74, 6) is 0.111. The molecule has 1 amide bonds. The Bertz CT molecular complexity index is 1080. The van der Waals surface area contributed by atoms with Crippen molar-refractivity contribution in [1.82, 2.24) is 0 Å². The summed E-state index contributed by atoms with van der Waals surface area (Å²) in [4.78, 5) is 17.1. The highest BCUT2D eigenvalue weighted by molar-refractivity contribution is 8.15. The number of anilines is 2. The summed E-state index contributed by atoms with van der Waals surface area (Å²) in [6.07, 6.45) is 0. The molecule has 4 rings (SSSR count). The summed E-state index contributed by atoms with van der Waals surface area (Å²) >= 11 is 1.46. The number of hydrogen-bond donors (Lipinski definition) is 2. The Balaban J connectivity index is 1.44. The van der Waals surface area contributed by atoms with E-state index in [0.29, 0.717) is 10.7 Å². The first-order valence-corrected chi connectivity index (χ1v) is 11.7. The smallest absolute Gasteiger partial charge is 0.255 e. The second-order valence-electron chi connectivity index (χ2n) is 7.19. The molecular formula is C20H21N3O3S2. The minimum atomic E-state index is -2.96. The van der Waals surface area contributed by atoms with Crippen molar-refractivity contribution < 1.29 is 13.2 Å². The Morgan fingerprint density at radius 2 is 1.89 bits per heavy atom. The highest BCUT2D eigenvalue weighted by Gasteiger charge is 2.42. The van der Waals surface area contributed by atoms with Crippen LogP contribution < -0.4 is 10.6 Å². The van der Waals surface area contributed by atoms with E-state index >= 15 is 0 Å². The van der Waals surface area contributed by atoms with Gasteiger partial charge in [-0.2, -0.15) is 0 Å². The SMILES string of the molecule is Cc1ccc(NC(=O)c2cccc(NC3=N[C@H]4CS(=O)(=O)C[C@H]4S3)c2)cc1C. The largest absolute Gasteiger partial charge is 0.335 e. The molecule has 0 unspecified atom stereocenters. The second kappa shape index (κ2) is 7.25. The molecule has 6 nitrogen and oxygen atoms in total. The lowest BCUT2D eigenvalue weighted by molar-refractivity contribution is 0.102. The molecule has 0 aliphatic carbocycles. The number of sulfone groups is 1. The fourth-order valence-corrected chi connectivity index (χ4v) is 6.98. The highest BCUT2D eigenvalue weighted by atomic mass is 32.2. The van der Waals surface area contributed by atoms with Gasteiger partial charge in [-0.3, -0.25) is 9.79 Å². The molecule has 2 atom stereocenters. The van der Waals surface area contributed by atoms with E-state index in [2.05, 4.69) is 15.6 Å². The molecule has 1 fully saturated rings. The van der Waals surface area contributed by atoms with Gasteiger partial charge in [0.15, 0.2) is 15.0 Å². The Kier molecular flexibility index (Phi) is 4.93. The van der Waals surface area contributed by atoms with Gasteiger partial charge in [-0.25, -0.2) is 8.42 Å². The average Bonchev–Trinajstić information content (AvgIpc) is 3.11. The van der Waals surface area contributed by atoms with Crippen molar-refractivity contribution >= 4 is 44.0 Å². The fourth-order valence-electron chi connectivity index (χ4n) is 3.30. The number of nitrogens with zero attached hydrogens (tertiary/aromatic N) is 1. The molecule has 0 radical (unpaired) electrons. The topological polar surface area (TPSA) is 87.6 Å². The lowest BCUT2D eigenvalue weighted by atomic mass is 10.1. The van der Waals surface area contributed by atoms with Crippen LogP contribution in [0.3, 0.4) is 0 Å². The number of hydrogen-bond acceptors (Lipinski definition) is 6. The van der Waals surface area contributed by atoms with E-state index in [0.717, 1.165) is 16.9 Å². The standard InChI is InChI=1S/C20H21N3O3S2/c1-12-6-7-16(8-13(12)2)21-19(24)14-4-3-5-15(9-14)22-20-23-17-10-28(25,26)11-18(17)27-20/h3-9,17-18H,10-11H2,1-2H3,(H,21,24)(H,22,23)/t17-,18+/m0/s1. The van der Waals surface area contributed by atoms with Gasteiger partial charge >= 0.3 is 0 Å². The highest BCUT2D eigenvalue weighted by Crippen LogP contribution is 2.34. The minimum absolute atomic E-state index is 0.0104. The first kappa shape index (κ1) is 19.0. The second-order valence-corrected chi connectivity index (χ2v) is 10.6. The zero-order chi connectivity index (χ0) is 19.9. The zero-order valence-corrected chi connectivity index (χ0v) is 17.2. The van der Waals surface area contributed by atoms with Gasteiger partial charge in [0, 0.05) is 22.2 Å². The molecule has 146 valence electrons. The Morgan fingerprint density at radius 3 is 2.64 bits per heavy atom. The van der Waals surface area contributed by atoms with E-state index in [-0.39, 0.29) is 28.7 Å². The van der Waals surface area contributed by atoms with Gasteiger partial charge in [0.2, 0.25) is 0 Å². The molecule has 2 aromatic rings. The summed E-state index contributed by atoms with van der Waals surface area (Å²) in [5, 5.41) is 6.83. The van der Waals surface area contributed by atoms with E-state index in [1.165, 1.54) is 17.3 Å². The number of aryl methyl sites for hydroxylation is 2. The third-order valence-electron chi connectivity index (χ3n) is 4.96. The van der Waals surface area contributed by atoms with Crippen molar-refractivity contribution in [3.8, 4) is 0 Å². The van der Waals surface area contributed by atoms with Crippen molar-refractivity contribution in [3.05, 3.63) is 59.2 Å². The fraction of sp³-hybridized carbons (Fsp3) is 0.300. The van der Waals surface area contributed by atoms with Gasteiger partial charge in [-0.05, 0) is 55.3 Å². The quantitative estimate of drug-likeness (QED) is 0.804. The Hall–Kier alpha value is -2.32. The molecule has 8 heteroatoms. The van der Waals surface area contributed by atoms with Crippen molar-refractivity contribution in [3.63, 3.8) is 0 Å². The Labute approximate surface area is 168 Å². The third-order valence-corrected chi connectivity index (χ3v) is 8.10. The van der Waals surface area contributed by atoms with Crippen LogP contribution in [0.25, 0.3) is 0 Å². The lowest BCUT2D eigenvalue weighted by Crippen LogP contribution is -2.14. The van der Waals surface area contributed by atoms with Gasteiger partial charge in [0.1, 0.15) is 0 Å². The minimum Gasteiger partial charge on any atom is -0.335 e. The van der Waals surface area contributed by atoms with Crippen LogP contribution in [0.2, 0.25) is 0 Å². The number of carbonyl (C=O) groups is 1. The number of aliphatic imine (C=N–C) groups is 1. The predicted molar refractivity (Wildman–Crippen MR) is 115 cm³/mol. The Morgan fingerprint density at radius 1 is 1.07 bits per heavy atom. The third kappa shape index (κ3) is 4.07. The number of amidine groups is 1. The predicted octanol–water partition coefficient (Wildman–Crippen LogP) is 3.24. The number of nitrogens with one attached hydrogen (secondary N) is 2.